The van der Waals surface area contributed by atoms with E-state index in [9.17, 15) is 0 Å². The molecule has 0 fully saturated rings. The maximum atomic E-state index is 4.10. The van der Waals surface area contributed by atoms with Gasteiger partial charge in [-0.3, -0.25) is 0 Å². The summed E-state index contributed by atoms with van der Waals surface area (Å²) in [5.74, 6) is 0.747. The predicted molar refractivity (Wildman–Crippen MR) is 49.6 cm³/mol. The minimum Gasteiger partial charge on any atom is -0.354 e. The zero-order valence-corrected chi connectivity index (χ0v) is 7.44. The van der Waals surface area contributed by atoms with E-state index in [1.54, 1.807) is 10.7 Å². The van der Waals surface area contributed by atoms with E-state index in [0.717, 1.165) is 24.6 Å². The molecular formula is C8H11N5. The first-order valence-electron chi connectivity index (χ1n) is 4.30. The van der Waals surface area contributed by atoms with Crippen molar-refractivity contribution in [3.8, 4) is 0 Å². The molecule has 2 aromatic heterocycles. The molecule has 2 rings (SSSR count). The third-order valence-electron chi connectivity index (χ3n) is 1.73. The lowest BCUT2D eigenvalue weighted by Crippen LogP contribution is -2.08. The Hall–Kier alpha value is -1.65. The van der Waals surface area contributed by atoms with E-state index in [2.05, 4.69) is 27.3 Å². The maximum absolute atomic E-state index is 4.10. The molecule has 0 radical (unpaired) electrons. The van der Waals surface area contributed by atoms with Crippen LogP contribution in [0.15, 0.2) is 18.6 Å². The highest BCUT2D eigenvalue weighted by atomic mass is 15.3. The fourth-order valence-electron chi connectivity index (χ4n) is 1.11. The van der Waals surface area contributed by atoms with Gasteiger partial charge in [0, 0.05) is 12.6 Å². The van der Waals surface area contributed by atoms with E-state index < -0.39 is 0 Å². The number of nitrogens with one attached hydrogen (secondary N) is 1. The summed E-state index contributed by atoms with van der Waals surface area (Å²) in [4.78, 5) is 8.15. The Morgan fingerprint density at radius 3 is 3.23 bits per heavy atom. The normalized spacial score (nSPS) is 10.5. The van der Waals surface area contributed by atoms with Gasteiger partial charge in [-0.2, -0.15) is 9.61 Å². The molecule has 0 spiro atoms. The van der Waals surface area contributed by atoms with Gasteiger partial charge in [0.1, 0.15) is 6.33 Å². The van der Waals surface area contributed by atoms with Crippen LogP contribution in [0.4, 0.5) is 5.95 Å². The fourth-order valence-corrected chi connectivity index (χ4v) is 1.11. The van der Waals surface area contributed by atoms with Gasteiger partial charge in [-0.25, -0.2) is 9.97 Å². The van der Waals surface area contributed by atoms with Crippen LogP contribution in [0.3, 0.4) is 0 Å². The molecule has 0 amide bonds. The standard InChI is InChI=1S/C8H11N5/c1-2-4-9-8-11-6-10-7-3-5-12-13(7)8/h3,5-6H,2,4H2,1H3,(H,9,10,11). The minimum atomic E-state index is 0.747. The van der Waals surface area contributed by atoms with Crippen molar-refractivity contribution in [2.75, 3.05) is 11.9 Å². The largest absolute Gasteiger partial charge is 0.354 e. The molecule has 0 saturated carbocycles. The molecule has 1 N–H and O–H groups in total. The molecule has 0 saturated heterocycles. The lowest BCUT2D eigenvalue weighted by molar-refractivity contribution is 0.865. The third kappa shape index (κ3) is 1.44. The summed E-state index contributed by atoms with van der Waals surface area (Å²) in [7, 11) is 0. The Bertz CT molecular complexity index is 394. The lowest BCUT2D eigenvalue weighted by Gasteiger charge is -2.03. The molecule has 0 bridgehead atoms. The second-order valence-electron chi connectivity index (χ2n) is 2.73. The van der Waals surface area contributed by atoms with E-state index >= 15 is 0 Å². The number of nitrogens with zero attached hydrogens (tertiary/aromatic N) is 4. The number of fused-ring (bicyclic) bond motifs is 1. The van der Waals surface area contributed by atoms with Crippen molar-refractivity contribution in [1.82, 2.24) is 19.6 Å². The molecule has 5 nitrogen and oxygen atoms in total. The van der Waals surface area contributed by atoms with E-state index in [-0.39, 0.29) is 0 Å². The summed E-state index contributed by atoms with van der Waals surface area (Å²) in [6.07, 6.45) is 4.31. The van der Waals surface area contributed by atoms with Gasteiger partial charge < -0.3 is 5.32 Å². The average Bonchev–Trinajstić information content (AvgIpc) is 2.62. The predicted octanol–water partition coefficient (Wildman–Crippen LogP) is 0.946. The molecule has 0 aromatic carbocycles. The summed E-state index contributed by atoms with van der Waals surface area (Å²) in [6, 6.07) is 1.85. The highest BCUT2D eigenvalue weighted by Gasteiger charge is 2.00. The van der Waals surface area contributed by atoms with Crippen LogP contribution in [-0.4, -0.2) is 26.1 Å². The van der Waals surface area contributed by atoms with E-state index in [0.29, 0.717) is 0 Å². The van der Waals surface area contributed by atoms with E-state index in [4.69, 9.17) is 0 Å². The Labute approximate surface area is 75.8 Å². The maximum Gasteiger partial charge on any atom is 0.227 e. The van der Waals surface area contributed by atoms with Crippen molar-refractivity contribution in [1.29, 1.82) is 0 Å². The molecule has 0 aliphatic rings. The zero-order chi connectivity index (χ0) is 9.10. The van der Waals surface area contributed by atoms with Crippen molar-refractivity contribution < 1.29 is 0 Å². The molecule has 0 unspecified atom stereocenters. The van der Waals surface area contributed by atoms with Crippen LogP contribution in [0, 0.1) is 0 Å². The van der Waals surface area contributed by atoms with Crippen LogP contribution >= 0.6 is 0 Å². The summed E-state index contributed by atoms with van der Waals surface area (Å²) >= 11 is 0. The summed E-state index contributed by atoms with van der Waals surface area (Å²) in [5, 5.41) is 7.27. The van der Waals surface area contributed by atoms with Crippen molar-refractivity contribution in [3.63, 3.8) is 0 Å². The number of aromatic nitrogens is 4. The molecule has 13 heavy (non-hydrogen) atoms. The van der Waals surface area contributed by atoms with Crippen LogP contribution in [0.2, 0.25) is 0 Å². The van der Waals surface area contributed by atoms with Gasteiger partial charge in [-0.1, -0.05) is 6.92 Å². The van der Waals surface area contributed by atoms with Gasteiger partial charge in [0.15, 0.2) is 5.65 Å². The first-order chi connectivity index (χ1) is 6.42. The molecule has 0 aliphatic heterocycles. The molecule has 5 heteroatoms. The van der Waals surface area contributed by atoms with E-state index in [1.807, 2.05) is 6.07 Å². The Morgan fingerprint density at radius 2 is 2.38 bits per heavy atom. The topological polar surface area (TPSA) is 55.1 Å². The SMILES string of the molecule is CCCNc1ncnc2ccnn12. The molecular weight excluding hydrogens is 166 g/mol. The lowest BCUT2D eigenvalue weighted by atomic mass is 10.5. The monoisotopic (exact) mass is 177 g/mol. The molecule has 0 aliphatic carbocycles. The van der Waals surface area contributed by atoms with Crippen LogP contribution < -0.4 is 5.32 Å². The van der Waals surface area contributed by atoms with Gasteiger partial charge in [0.25, 0.3) is 0 Å². The zero-order valence-electron chi connectivity index (χ0n) is 7.44. The van der Waals surface area contributed by atoms with Crippen molar-refractivity contribution in [2.45, 2.75) is 13.3 Å². The van der Waals surface area contributed by atoms with Crippen molar-refractivity contribution in [3.05, 3.63) is 18.6 Å². The smallest absolute Gasteiger partial charge is 0.227 e. The van der Waals surface area contributed by atoms with Crippen LogP contribution in [-0.2, 0) is 0 Å². The fraction of sp³-hybridized carbons (Fsp3) is 0.375. The quantitative estimate of drug-likeness (QED) is 0.758. The highest BCUT2D eigenvalue weighted by Crippen LogP contribution is 2.03. The molecule has 2 aromatic rings. The van der Waals surface area contributed by atoms with Gasteiger partial charge in [-0.15, -0.1) is 0 Å². The third-order valence-corrected chi connectivity index (χ3v) is 1.73. The number of hydrogen-bond acceptors (Lipinski definition) is 4. The second-order valence-corrected chi connectivity index (χ2v) is 2.73. The first kappa shape index (κ1) is 7.97. The Morgan fingerprint density at radius 1 is 1.46 bits per heavy atom. The van der Waals surface area contributed by atoms with E-state index in [1.165, 1.54) is 6.33 Å². The number of rotatable bonds is 3. The summed E-state index contributed by atoms with van der Waals surface area (Å²) in [6.45, 7) is 3.00. The number of anilines is 1. The summed E-state index contributed by atoms with van der Waals surface area (Å²) < 4.78 is 1.69. The Kier molecular flexibility index (Phi) is 2.08. The average molecular weight is 177 g/mol. The molecule has 0 atom stereocenters. The Balaban J connectivity index is 2.37. The van der Waals surface area contributed by atoms with Gasteiger partial charge in [0.05, 0.1) is 6.20 Å². The van der Waals surface area contributed by atoms with Crippen LogP contribution in [0.5, 0.6) is 0 Å². The van der Waals surface area contributed by atoms with Crippen LogP contribution in [0.1, 0.15) is 13.3 Å². The number of hydrogen-bond donors (Lipinski definition) is 1. The molecule has 68 valence electrons. The van der Waals surface area contributed by atoms with Gasteiger partial charge >= 0.3 is 0 Å². The van der Waals surface area contributed by atoms with Gasteiger partial charge in [-0.05, 0) is 6.42 Å². The minimum absolute atomic E-state index is 0.747. The first-order valence-corrected chi connectivity index (χ1v) is 4.30. The van der Waals surface area contributed by atoms with Crippen LogP contribution in [0.25, 0.3) is 5.65 Å². The molecule has 2 heterocycles. The highest BCUT2D eigenvalue weighted by molar-refractivity contribution is 5.41. The van der Waals surface area contributed by atoms with Crippen molar-refractivity contribution in [2.24, 2.45) is 0 Å². The second kappa shape index (κ2) is 3.38. The summed E-state index contributed by atoms with van der Waals surface area (Å²) in [5.41, 5.74) is 0.814. The van der Waals surface area contributed by atoms with Crippen molar-refractivity contribution >= 4 is 11.6 Å². The van der Waals surface area contributed by atoms with Gasteiger partial charge in [0.2, 0.25) is 5.95 Å².